The highest BCUT2D eigenvalue weighted by Gasteiger charge is 2.33. The summed E-state index contributed by atoms with van der Waals surface area (Å²) in [5.74, 6) is -0.935. The number of nitrogens with one attached hydrogen (secondary N) is 2. The number of carbonyl (C=O) groups excluding carboxylic acids is 2. The Morgan fingerprint density at radius 1 is 1.08 bits per heavy atom. The molecule has 0 aromatic heterocycles. The summed E-state index contributed by atoms with van der Waals surface area (Å²) in [4.78, 5) is 23.4. The minimum atomic E-state index is -4.47. The number of esters is 1. The summed E-state index contributed by atoms with van der Waals surface area (Å²) in [5.41, 5.74) is -0.192. The quantitative estimate of drug-likeness (QED) is 0.760. The van der Waals surface area contributed by atoms with Crippen LogP contribution in [0.5, 0.6) is 0 Å². The van der Waals surface area contributed by atoms with E-state index < -0.39 is 23.6 Å². The maximum Gasteiger partial charge on any atom is 0.418 e. The average Bonchev–Trinajstić information content (AvgIpc) is 2.60. The van der Waals surface area contributed by atoms with Gasteiger partial charge in [-0.2, -0.15) is 13.2 Å². The lowest BCUT2D eigenvalue weighted by Crippen LogP contribution is -2.18. The van der Waals surface area contributed by atoms with Crippen LogP contribution in [0.25, 0.3) is 0 Å². The molecule has 0 spiro atoms. The van der Waals surface area contributed by atoms with E-state index >= 15 is 0 Å². The highest BCUT2D eigenvalue weighted by atomic mass is 19.4. The molecule has 0 radical (unpaired) electrons. The third-order valence-corrected chi connectivity index (χ3v) is 3.47. The summed E-state index contributed by atoms with van der Waals surface area (Å²) >= 11 is 0. The van der Waals surface area contributed by atoms with Crippen molar-refractivity contribution in [3.05, 3.63) is 59.7 Å². The first-order valence-electron chi connectivity index (χ1n) is 7.69. The lowest BCUT2D eigenvalue weighted by molar-refractivity contribution is -0.137. The van der Waals surface area contributed by atoms with Gasteiger partial charge in [-0.1, -0.05) is 18.2 Å². The molecule has 0 aliphatic carbocycles. The number of amides is 1. The molecule has 0 fully saturated rings. The van der Waals surface area contributed by atoms with E-state index in [1.807, 2.05) is 0 Å². The Kier molecular flexibility index (Phi) is 6.21. The Labute approximate surface area is 148 Å². The van der Waals surface area contributed by atoms with E-state index in [-0.39, 0.29) is 24.2 Å². The minimum absolute atomic E-state index is 0.0234. The van der Waals surface area contributed by atoms with Crippen molar-refractivity contribution in [1.29, 1.82) is 0 Å². The summed E-state index contributed by atoms with van der Waals surface area (Å²) in [5, 5.41) is 5.20. The van der Waals surface area contributed by atoms with Crippen LogP contribution in [0.4, 0.5) is 24.5 Å². The van der Waals surface area contributed by atoms with E-state index in [4.69, 9.17) is 0 Å². The van der Waals surface area contributed by atoms with Gasteiger partial charge in [0.1, 0.15) is 0 Å². The Morgan fingerprint density at radius 2 is 1.81 bits per heavy atom. The molecule has 0 aliphatic rings. The number of benzene rings is 2. The molecular formula is C18H17F3N2O3. The van der Waals surface area contributed by atoms with Crippen LogP contribution in [0.2, 0.25) is 0 Å². The molecule has 2 rings (SSSR count). The molecule has 0 atom stereocenters. The second-order valence-corrected chi connectivity index (χ2v) is 5.34. The van der Waals surface area contributed by atoms with E-state index in [1.54, 1.807) is 12.1 Å². The zero-order valence-electron chi connectivity index (χ0n) is 13.9. The number of carbonyl (C=O) groups is 2. The summed E-state index contributed by atoms with van der Waals surface area (Å²) in [7, 11) is 1.25. The maximum atomic E-state index is 12.9. The third-order valence-electron chi connectivity index (χ3n) is 3.47. The minimum Gasteiger partial charge on any atom is -0.465 e. The van der Waals surface area contributed by atoms with Crippen molar-refractivity contribution >= 4 is 23.3 Å². The number of anilines is 2. The fourth-order valence-corrected chi connectivity index (χ4v) is 2.26. The number of halogens is 3. The zero-order chi connectivity index (χ0) is 19.2. The Balaban J connectivity index is 1.92. The summed E-state index contributed by atoms with van der Waals surface area (Å²) < 4.78 is 43.3. The average molecular weight is 366 g/mol. The molecule has 0 aliphatic heterocycles. The lowest BCUT2D eigenvalue weighted by Gasteiger charge is -2.14. The predicted octanol–water partition coefficient (Wildman–Crippen LogP) is 3.93. The van der Waals surface area contributed by atoms with Gasteiger partial charge >= 0.3 is 12.1 Å². The molecule has 138 valence electrons. The summed E-state index contributed by atoms with van der Waals surface area (Å²) in [6, 6.07) is 11.2. The van der Waals surface area contributed by atoms with Crippen LogP contribution < -0.4 is 10.6 Å². The van der Waals surface area contributed by atoms with E-state index in [0.29, 0.717) is 5.69 Å². The van der Waals surface area contributed by atoms with Gasteiger partial charge in [0.05, 0.1) is 18.2 Å². The first-order valence-corrected chi connectivity index (χ1v) is 7.69. The molecule has 2 aromatic carbocycles. The molecular weight excluding hydrogens is 349 g/mol. The Bertz CT molecular complexity index is 791. The number of ether oxygens (including phenoxy) is 1. The van der Waals surface area contributed by atoms with Gasteiger partial charge in [-0.05, 0) is 30.3 Å². The van der Waals surface area contributed by atoms with Crippen molar-refractivity contribution in [2.45, 2.75) is 12.6 Å². The van der Waals surface area contributed by atoms with Crippen molar-refractivity contribution < 1.29 is 27.5 Å². The molecule has 5 nitrogen and oxygen atoms in total. The lowest BCUT2D eigenvalue weighted by atomic mass is 10.1. The van der Waals surface area contributed by atoms with Crippen LogP contribution in [0.3, 0.4) is 0 Å². The molecule has 0 saturated heterocycles. The van der Waals surface area contributed by atoms with Crippen LogP contribution in [-0.4, -0.2) is 25.5 Å². The van der Waals surface area contributed by atoms with Crippen LogP contribution in [0, 0.1) is 0 Å². The zero-order valence-corrected chi connectivity index (χ0v) is 13.9. The van der Waals surface area contributed by atoms with Crippen molar-refractivity contribution in [2.24, 2.45) is 0 Å². The first-order chi connectivity index (χ1) is 12.3. The number of para-hydroxylation sites is 1. The number of alkyl halides is 3. The predicted molar refractivity (Wildman–Crippen MR) is 91.0 cm³/mol. The van der Waals surface area contributed by atoms with Gasteiger partial charge in [0.2, 0.25) is 5.91 Å². The smallest absolute Gasteiger partial charge is 0.418 e. The highest BCUT2D eigenvalue weighted by molar-refractivity contribution is 5.94. The second-order valence-electron chi connectivity index (χ2n) is 5.34. The molecule has 2 aromatic rings. The van der Waals surface area contributed by atoms with Crippen molar-refractivity contribution in [3.8, 4) is 0 Å². The number of rotatable bonds is 6. The third kappa shape index (κ3) is 5.23. The van der Waals surface area contributed by atoms with Crippen molar-refractivity contribution in [1.82, 2.24) is 0 Å². The van der Waals surface area contributed by atoms with Crippen LogP contribution in [-0.2, 0) is 15.7 Å². The standard InChI is InChI=1S/C18H17F3N2O3/c1-26-17(25)12-5-4-6-13(11-12)23-16(24)9-10-22-15-8-3-2-7-14(15)18(19,20)21/h2-8,11,22H,9-10H2,1H3,(H,23,24). The van der Waals surface area contributed by atoms with Gasteiger partial charge < -0.3 is 15.4 Å². The molecule has 1 amide bonds. The highest BCUT2D eigenvalue weighted by Crippen LogP contribution is 2.34. The number of methoxy groups -OCH3 is 1. The van der Waals surface area contributed by atoms with Gasteiger partial charge in [-0.3, -0.25) is 4.79 Å². The summed E-state index contributed by atoms with van der Waals surface area (Å²) in [6.45, 7) is 0.0234. The fraction of sp³-hybridized carbons (Fsp3) is 0.222. The van der Waals surface area contributed by atoms with E-state index in [2.05, 4.69) is 15.4 Å². The Morgan fingerprint density at radius 3 is 2.50 bits per heavy atom. The van der Waals surface area contributed by atoms with Crippen molar-refractivity contribution in [2.75, 3.05) is 24.3 Å². The molecule has 0 unspecified atom stereocenters. The number of hydrogen-bond acceptors (Lipinski definition) is 4. The summed E-state index contributed by atoms with van der Waals surface area (Å²) in [6.07, 6.45) is -4.52. The van der Waals surface area contributed by atoms with Crippen LogP contribution in [0.1, 0.15) is 22.3 Å². The Hall–Kier alpha value is -3.03. The van der Waals surface area contributed by atoms with Crippen LogP contribution in [0.15, 0.2) is 48.5 Å². The molecule has 0 saturated carbocycles. The molecule has 2 N–H and O–H groups in total. The van der Waals surface area contributed by atoms with E-state index in [0.717, 1.165) is 6.07 Å². The normalized spacial score (nSPS) is 10.9. The van der Waals surface area contributed by atoms with Gasteiger partial charge in [0.25, 0.3) is 0 Å². The topological polar surface area (TPSA) is 67.4 Å². The largest absolute Gasteiger partial charge is 0.465 e. The fourth-order valence-electron chi connectivity index (χ4n) is 2.26. The van der Waals surface area contributed by atoms with Crippen molar-refractivity contribution in [3.63, 3.8) is 0 Å². The SMILES string of the molecule is COC(=O)c1cccc(NC(=O)CCNc2ccccc2C(F)(F)F)c1. The molecule has 26 heavy (non-hydrogen) atoms. The van der Waals surface area contributed by atoms with Gasteiger partial charge in [-0.15, -0.1) is 0 Å². The van der Waals surface area contributed by atoms with Gasteiger partial charge in [0, 0.05) is 24.3 Å². The van der Waals surface area contributed by atoms with Gasteiger partial charge in [-0.25, -0.2) is 4.79 Å². The first kappa shape index (κ1) is 19.3. The maximum absolute atomic E-state index is 12.9. The second kappa shape index (κ2) is 8.37. The molecule has 0 bridgehead atoms. The molecule has 8 heteroatoms. The molecule has 0 heterocycles. The van der Waals surface area contributed by atoms with Gasteiger partial charge in [0.15, 0.2) is 0 Å². The van der Waals surface area contributed by atoms with E-state index in [1.165, 1.54) is 37.4 Å². The van der Waals surface area contributed by atoms with E-state index in [9.17, 15) is 22.8 Å². The number of hydrogen-bond donors (Lipinski definition) is 2. The van der Waals surface area contributed by atoms with Crippen LogP contribution >= 0.6 is 0 Å². The monoisotopic (exact) mass is 366 g/mol.